The van der Waals surface area contributed by atoms with E-state index < -0.39 is 0 Å². The summed E-state index contributed by atoms with van der Waals surface area (Å²) in [4.78, 5) is 8.94. The average Bonchev–Trinajstić information content (AvgIpc) is 3.01. The molecule has 0 unspecified atom stereocenters. The molecule has 0 radical (unpaired) electrons. The number of aromatic amines is 1. The molecule has 7 nitrogen and oxygen atoms in total. The number of nitrogens with one attached hydrogen (secondary N) is 1. The number of H-pyrrole nitrogens is 1. The summed E-state index contributed by atoms with van der Waals surface area (Å²) in [5, 5.41) is 12.2. The summed E-state index contributed by atoms with van der Waals surface area (Å²) in [5.74, 6) is 1.22. The maximum atomic E-state index is 5.91. The zero-order chi connectivity index (χ0) is 11.8. The van der Waals surface area contributed by atoms with E-state index >= 15 is 0 Å². The van der Waals surface area contributed by atoms with E-state index in [4.69, 9.17) is 10.3 Å². The first-order chi connectivity index (χ1) is 8.25. The van der Waals surface area contributed by atoms with Gasteiger partial charge in [0.2, 0.25) is 5.82 Å². The zero-order valence-corrected chi connectivity index (χ0v) is 9.65. The van der Waals surface area contributed by atoms with Crippen LogP contribution >= 0.6 is 11.3 Å². The fraction of sp³-hybridized carbons (Fsp3) is 0.111. The van der Waals surface area contributed by atoms with E-state index in [2.05, 4.69) is 25.3 Å². The maximum absolute atomic E-state index is 5.91. The Kier molecular flexibility index (Phi) is 2.15. The Hall–Kier alpha value is -2.22. The van der Waals surface area contributed by atoms with Gasteiger partial charge in [0.15, 0.2) is 5.82 Å². The second-order valence-electron chi connectivity index (χ2n) is 3.42. The lowest BCUT2D eigenvalue weighted by Gasteiger charge is -1.91. The molecule has 0 spiro atoms. The summed E-state index contributed by atoms with van der Waals surface area (Å²) in [6, 6.07) is 0. The van der Waals surface area contributed by atoms with E-state index in [9.17, 15) is 0 Å². The number of nitrogens with zero attached hydrogens (tertiary/aromatic N) is 4. The van der Waals surface area contributed by atoms with Gasteiger partial charge in [-0.3, -0.25) is 5.10 Å². The van der Waals surface area contributed by atoms with Crippen molar-refractivity contribution in [3.63, 3.8) is 0 Å². The van der Waals surface area contributed by atoms with Crippen molar-refractivity contribution in [1.82, 2.24) is 25.3 Å². The minimum absolute atomic E-state index is 0.364. The number of rotatable bonds is 2. The van der Waals surface area contributed by atoms with E-state index in [-0.39, 0.29) is 0 Å². The highest BCUT2D eigenvalue weighted by molar-refractivity contribution is 7.14. The molecule has 0 saturated carbocycles. The van der Waals surface area contributed by atoms with Crippen molar-refractivity contribution < 1.29 is 4.52 Å². The fourth-order valence-corrected chi connectivity index (χ4v) is 2.24. The quantitative estimate of drug-likeness (QED) is 0.711. The Balaban J connectivity index is 2.04. The molecular weight excluding hydrogens is 240 g/mol. The van der Waals surface area contributed by atoms with Gasteiger partial charge in [-0.05, 0) is 17.9 Å². The van der Waals surface area contributed by atoms with Crippen LogP contribution in [-0.2, 0) is 0 Å². The van der Waals surface area contributed by atoms with Gasteiger partial charge in [-0.2, -0.15) is 10.1 Å². The van der Waals surface area contributed by atoms with Gasteiger partial charge >= 0.3 is 0 Å². The molecule has 0 saturated heterocycles. The summed E-state index contributed by atoms with van der Waals surface area (Å²) in [5.41, 5.74) is 7.58. The predicted molar refractivity (Wildman–Crippen MR) is 62.1 cm³/mol. The largest absolute Gasteiger partial charge is 0.397 e. The number of anilines is 1. The summed E-state index contributed by atoms with van der Waals surface area (Å²) >= 11 is 1.47. The highest BCUT2D eigenvalue weighted by Crippen LogP contribution is 2.34. The molecule has 86 valence electrons. The first-order valence-electron chi connectivity index (χ1n) is 4.79. The third kappa shape index (κ3) is 1.58. The molecule has 17 heavy (non-hydrogen) atoms. The molecular formula is C9H8N6OS. The van der Waals surface area contributed by atoms with Gasteiger partial charge < -0.3 is 10.3 Å². The first-order valence-corrected chi connectivity index (χ1v) is 5.67. The minimum atomic E-state index is 0.364. The molecule has 0 bridgehead atoms. The SMILES string of the molecule is Cc1csc(-c2nc(-c3ncn[nH]3)no2)c1N. The maximum Gasteiger partial charge on any atom is 0.270 e. The van der Waals surface area contributed by atoms with Crippen molar-refractivity contribution in [2.45, 2.75) is 6.92 Å². The molecule has 3 aromatic heterocycles. The highest BCUT2D eigenvalue weighted by Gasteiger charge is 2.16. The van der Waals surface area contributed by atoms with Crippen LogP contribution in [0.3, 0.4) is 0 Å². The molecule has 3 aromatic rings. The molecule has 0 fully saturated rings. The van der Waals surface area contributed by atoms with Crippen LogP contribution in [0.25, 0.3) is 22.4 Å². The van der Waals surface area contributed by atoms with Crippen LogP contribution in [-0.4, -0.2) is 25.3 Å². The zero-order valence-electron chi connectivity index (χ0n) is 8.84. The van der Waals surface area contributed by atoms with Crippen molar-refractivity contribution in [2.24, 2.45) is 0 Å². The van der Waals surface area contributed by atoms with Crippen molar-refractivity contribution in [1.29, 1.82) is 0 Å². The van der Waals surface area contributed by atoms with Gasteiger partial charge in [0.1, 0.15) is 11.2 Å². The van der Waals surface area contributed by atoms with Gasteiger partial charge in [0.05, 0.1) is 5.69 Å². The van der Waals surface area contributed by atoms with E-state index in [1.165, 1.54) is 17.7 Å². The Bertz CT molecular complexity index is 640. The number of nitrogens with two attached hydrogens (primary N) is 1. The van der Waals surface area contributed by atoms with E-state index in [0.717, 1.165) is 10.4 Å². The summed E-state index contributed by atoms with van der Waals surface area (Å²) < 4.78 is 5.15. The molecule has 3 N–H and O–H groups in total. The number of aromatic nitrogens is 5. The molecule has 0 aliphatic heterocycles. The summed E-state index contributed by atoms with van der Waals surface area (Å²) in [7, 11) is 0. The molecule has 0 aliphatic rings. The predicted octanol–water partition coefficient (Wildman–Crippen LogP) is 1.47. The molecule has 3 rings (SSSR count). The first kappa shape index (κ1) is 9.97. The topological polar surface area (TPSA) is 107 Å². The highest BCUT2D eigenvalue weighted by atomic mass is 32.1. The molecule has 8 heteroatoms. The monoisotopic (exact) mass is 248 g/mol. The van der Waals surface area contributed by atoms with Crippen molar-refractivity contribution >= 4 is 17.0 Å². The smallest absolute Gasteiger partial charge is 0.270 e. The van der Waals surface area contributed by atoms with E-state index in [1.807, 2.05) is 12.3 Å². The van der Waals surface area contributed by atoms with Gasteiger partial charge in [-0.25, -0.2) is 4.98 Å². The Labute approximate surface area is 99.7 Å². The minimum Gasteiger partial charge on any atom is -0.397 e. The number of hydrogen-bond donors (Lipinski definition) is 2. The number of aryl methyl sites for hydroxylation is 1. The summed E-state index contributed by atoms with van der Waals surface area (Å²) in [6.07, 6.45) is 1.38. The lowest BCUT2D eigenvalue weighted by Crippen LogP contribution is -1.87. The molecule has 0 atom stereocenters. The van der Waals surface area contributed by atoms with Gasteiger partial charge in [0.25, 0.3) is 5.89 Å². The van der Waals surface area contributed by atoms with Gasteiger partial charge in [-0.1, -0.05) is 5.16 Å². The number of hydrogen-bond acceptors (Lipinski definition) is 7. The lowest BCUT2D eigenvalue weighted by molar-refractivity contribution is 0.433. The third-order valence-corrected chi connectivity index (χ3v) is 3.37. The van der Waals surface area contributed by atoms with E-state index in [0.29, 0.717) is 23.2 Å². The third-order valence-electron chi connectivity index (χ3n) is 2.27. The van der Waals surface area contributed by atoms with Crippen molar-refractivity contribution in [2.75, 3.05) is 5.73 Å². The lowest BCUT2D eigenvalue weighted by atomic mass is 10.3. The van der Waals surface area contributed by atoms with Crippen LogP contribution in [0.2, 0.25) is 0 Å². The molecule has 0 aliphatic carbocycles. The van der Waals surface area contributed by atoms with Crippen LogP contribution in [0.5, 0.6) is 0 Å². The molecule has 3 heterocycles. The second kappa shape index (κ2) is 3.67. The average molecular weight is 248 g/mol. The normalized spacial score (nSPS) is 10.9. The fourth-order valence-electron chi connectivity index (χ4n) is 1.34. The van der Waals surface area contributed by atoms with E-state index in [1.54, 1.807) is 0 Å². The van der Waals surface area contributed by atoms with Crippen molar-refractivity contribution in [3.8, 4) is 22.4 Å². The van der Waals surface area contributed by atoms with Crippen LogP contribution < -0.4 is 5.73 Å². The van der Waals surface area contributed by atoms with Gasteiger partial charge in [-0.15, -0.1) is 11.3 Å². The van der Waals surface area contributed by atoms with Crippen LogP contribution in [0.4, 0.5) is 5.69 Å². The molecule has 0 aromatic carbocycles. The van der Waals surface area contributed by atoms with Crippen molar-refractivity contribution in [3.05, 3.63) is 17.3 Å². The van der Waals surface area contributed by atoms with Crippen LogP contribution in [0.1, 0.15) is 5.56 Å². The second-order valence-corrected chi connectivity index (χ2v) is 4.30. The Morgan fingerprint density at radius 2 is 2.35 bits per heavy atom. The Morgan fingerprint density at radius 1 is 1.47 bits per heavy atom. The number of thiophene rings is 1. The molecule has 0 amide bonds. The summed E-state index contributed by atoms with van der Waals surface area (Å²) in [6.45, 7) is 1.93. The Morgan fingerprint density at radius 3 is 3.00 bits per heavy atom. The van der Waals surface area contributed by atoms with Crippen LogP contribution in [0, 0.1) is 6.92 Å². The number of nitrogen functional groups attached to an aromatic ring is 1. The standard InChI is InChI=1S/C9H8N6OS/c1-4-2-17-6(5(4)10)9-13-8(15-16-9)7-11-3-12-14-7/h2-3H,10H2,1H3,(H,11,12,14). The van der Waals surface area contributed by atoms with Gasteiger partial charge in [0, 0.05) is 0 Å². The van der Waals surface area contributed by atoms with Crippen LogP contribution in [0.15, 0.2) is 16.2 Å².